The maximum absolute atomic E-state index is 4.98. The number of rotatable bonds is 4. The van der Waals surface area contributed by atoms with Crippen LogP contribution in [0.5, 0.6) is 0 Å². The van der Waals surface area contributed by atoms with Crippen LogP contribution in [0.25, 0.3) is 42.7 Å². The lowest BCUT2D eigenvalue weighted by atomic mass is 9.85. The molecule has 2 nitrogen and oxygen atoms in total. The Kier molecular flexibility index (Phi) is 6.07. The summed E-state index contributed by atoms with van der Waals surface area (Å²) < 4.78 is 2.69. The predicted molar refractivity (Wildman–Crippen MR) is 153 cm³/mol. The van der Waals surface area contributed by atoms with E-state index < -0.39 is 0 Å². The Labute approximate surface area is 215 Å². The van der Waals surface area contributed by atoms with Crippen LogP contribution in [0, 0.1) is 12.8 Å². The molecule has 0 N–H and O–H groups in total. The molecule has 0 aliphatic carbocycles. The summed E-state index contributed by atoms with van der Waals surface area (Å²) in [6.45, 7) is 13.6. The average molecular weight is 503 g/mol. The molecule has 174 valence electrons. The molecule has 0 fully saturated rings. The summed E-state index contributed by atoms with van der Waals surface area (Å²) in [6, 6.07) is 13.4. The van der Waals surface area contributed by atoms with Crippen LogP contribution < -0.4 is 0 Å². The predicted octanol–water partition coefficient (Wildman–Crippen LogP) is 9.33. The SMILES string of the molecule is Cc1sc2ccc(-c3ncnc(-c4cc(C(C)(C)C)c5sccc5c4)c3S)cc2c1CC(C)C. The van der Waals surface area contributed by atoms with Crippen LogP contribution in [-0.2, 0) is 11.8 Å². The summed E-state index contributed by atoms with van der Waals surface area (Å²) in [7, 11) is 0. The van der Waals surface area contributed by atoms with Gasteiger partial charge in [0, 0.05) is 25.4 Å². The maximum Gasteiger partial charge on any atom is 0.116 e. The molecule has 0 radical (unpaired) electrons. The number of benzene rings is 2. The van der Waals surface area contributed by atoms with Crippen LogP contribution in [0.1, 0.15) is 50.6 Å². The van der Waals surface area contributed by atoms with Crippen molar-refractivity contribution >= 4 is 55.5 Å². The summed E-state index contributed by atoms with van der Waals surface area (Å²) in [5.41, 5.74) is 6.81. The highest BCUT2D eigenvalue weighted by Crippen LogP contribution is 2.41. The molecule has 2 aromatic carbocycles. The third-order valence-electron chi connectivity index (χ3n) is 6.33. The van der Waals surface area contributed by atoms with Crippen LogP contribution in [-0.4, -0.2) is 9.97 Å². The summed E-state index contributed by atoms with van der Waals surface area (Å²) in [6.07, 6.45) is 2.77. The highest BCUT2D eigenvalue weighted by Gasteiger charge is 2.21. The molecule has 0 atom stereocenters. The van der Waals surface area contributed by atoms with Crippen molar-refractivity contribution in [1.82, 2.24) is 9.97 Å². The molecule has 0 saturated heterocycles. The van der Waals surface area contributed by atoms with E-state index >= 15 is 0 Å². The number of thiophene rings is 2. The monoisotopic (exact) mass is 502 g/mol. The van der Waals surface area contributed by atoms with E-state index in [1.807, 2.05) is 11.3 Å². The molecule has 3 aromatic heterocycles. The Morgan fingerprint density at radius 3 is 2.41 bits per heavy atom. The third kappa shape index (κ3) is 4.19. The van der Waals surface area contributed by atoms with Gasteiger partial charge in [0.1, 0.15) is 6.33 Å². The molecule has 0 aliphatic heterocycles. The van der Waals surface area contributed by atoms with Crippen LogP contribution in [0.15, 0.2) is 53.0 Å². The van der Waals surface area contributed by atoms with Gasteiger partial charge in [0.2, 0.25) is 0 Å². The average Bonchev–Trinajstić information content (AvgIpc) is 3.36. The number of aryl methyl sites for hydroxylation is 1. The highest BCUT2D eigenvalue weighted by molar-refractivity contribution is 7.80. The van der Waals surface area contributed by atoms with Crippen molar-refractivity contribution in [2.75, 3.05) is 0 Å². The zero-order valence-electron chi connectivity index (χ0n) is 20.6. The normalized spacial score (nSPS) is 12.4. The highest BCUT2D eigenvalue weighted by atomic mass is 32.1. The van der Waals surface area contributed by atoms with Gasteiger partial charge in [-0.25, -0.2) is 9.97 Å². The molecule has 0 saturated carbocycles. The number of nitrogens with zero attached hydrogens (tertiary/aromatic N) is 2. The van der Waals surface area contributed by atoms with E-state index in [1.165, 1.54) is 36.2 Å². The molecule has 0 amide bonds. The van der Waals surface area contributed by atoms with Gasteiger partial charge in [-0.15, -0.1) is 35.3 Å². The number of thiol groups is 1. The minimum atomic E-state index is 0.0421. The van der Waals surface area contributed by atoms with Crippen molar-refractivity contribution in [2.45, 2.75) is 58.3 Å². The number of fused-ring (bicyclic) bond motifs is 2. The van der Waals surface area contributed by atoms with Gasteiger partial charge in [0.15, 0.2) is 0 Å². The minimum Gasteiger partial charge on any atom is -0.235 e. The van der Waals surface area contributed by atoms with Gasteiger partial charge in [-0.3, -0.25) is 0 Å². The third-order valence-corrected chi connectivity index (χ3v) is 8.85. The fourth-order valence-corrected chi connectivity index (χ4v) is 7.21. The first kappa shape index (κ1) is 23.5. The molecule has 34 heavy (non-hydrogen) atoms. The van der Waals surface area contributed by atoms with Crippen molar-refractivity contribution in [3.8, 4) is 22.5 Å². The molecule has 0 bridgehead atoms. The summed E-state index contributed by atoms with van der Waals surface area (Å²) in [4.78, 5) is 11.6. The lowest BCUT2D eigenvalue weighted by Crippen LogP contribution is -2.11. The van der Waals surface area contributed by atoms with Crippen LogP contribution in [0.4, 0.5) is 0 Å². The molecule has 5 rings (SSSR count). The maximum atomic E-state index is 4.98. The number of hydrogen-bond acceptors (Lipinski definition) is 5. The smallest absolute Gasteiger partial charge is 0.116 e. The first-order chi connectivity index (χ1) is 16.1. The number of aromatic nitrogens is 2. The molecule has 0 spiro atoms. The van der Waals surface area contributed by atoms with E-state index in [4.69, 9.17) is 17.6 Å². The molecular formula is C29H30N2S3. The summed E-state index contributed by atoms with van der Waals surface area (Å²) in [5, 5.41) is 4.77. The molecule has 3 heterocycles. The number of hydrogen-bond donors (Lipinski definition) is 1. The van der Waals surface area contributed by atoms with Crippen molar-refractivity contribution in [3.63, 3.8) is 0 Å². The van der Waals surface area contributed by atoms with E-state index in [1.54, 1.807) is 17.7 Å². The Balaban J connectivity index is 1.66. The first-order valence-electron chi connectivity index (χ1n) is 11.7. The Morgan fingerprint density at radius 2 is 1.71 bits per heavy atom. The van der Waals surface area contributed by atoms with Crippen LogP contribution in [0.3, 0.4) is 0 Å². The lowest BCUT2D eigenvalue weighted by molar-refractivity contribution is 0.597. The second kappa shape index (κ2) is 8.78. The van der Waals surface area contributed by atoms with Gasteiger partial charge >= 0.3 is 0 Å². The van der Waals surface area contributed by atoms with E-state index in [-0.39, 0.29) is 5.41 Å². The quantitative estimate of drug-likeness (QED) is 0.248. The van der Waals surface area contributed by atoms with Gasteiger partial charge in [0.25, 0.3) is 0 Å². The molecule has 0 aliphatic rings. The molecular weight excluding hydrogens is 473 g/mol. The largest absolute Gasteiger partial charge is 0.235 e. The van der Waals surface area contributed by atoms with E-state index in [9.17, 15) is 0 Å². The molecule has 5 aromatic rings. The topological polar surface area (TPSA) is 25.8 Å². The summed E-state index contributed by atoms with van der Waals surface area (Å²) >= 11 is 8.67. The minimum absolute atomic E-state index is 0.0421. The molecule has 5 heteroatoms. The Hall–Kier alpha value is -2.21. The van der Waals surface area contributed by atoms with Gasteiger partial charge in [-0.1, -0.05) is 40.7 Å². The van der Waals surface area contributed by atoms with Gasteiger partial charge < -0.3 is 0 Å². The Bertz CT molecular complexity index is 1520. The second-order valence-electron chi connectivity index (χ2n) is 10.5. The van der Waals surface area contributed by atoms with E-state index in [2.05, 4.69) is 88.3 Å². The Morgan fingerprint density at radius 1 is 0.971 bits per heavy atom. The van der Waals surface area contributed by atoms with E-state index in [0.717, 1.165) is 33.8 Å². The van der Waals surface area contributed by atoms with Crippen LogP contribution >= 0.6 is 35.3 Å². The van der Waals surface area contributed by atoms with Crippen LogP contribution in [0.2, 0.25) is 0 Å². The zero-order valence-corrected chi connectivity index (χ0v) is 23.1. The van der Waals surface area contributed by atoms with Crippen molar-refractivity contribution in [1.29, 1.82) is 0 Å². The van der Waals surface area contributed by atoms with Gasteiger partial charge in [0.05, 0.1) is 16.3 Å². The van der Waals surface area contributed by atoms with Crippen molar-refractivity contribution in [3.05, 3.63) is 64.1 Å². The standard InChI is InChI=1S/C29H30N2S3/c1-16(2)11-21-17(3)34-24-8-7-18(13-22(21)24)25-27(32)26(31-15-30-25)20-12-19-9-10-33-28(19)23(14-20)29(4,5)6/h7-10,12-16,32H,11H2,1-6H3. The molecule has 0 unspecified atom stereocenters. The zero-order chi connectivity index (χ0) is 24.2. The first-order valence-corrected chi connectivity index (χ1v) is 13.9. The fraction of sp³-hybridized carbons (Fsp3) is 0.310. The van der Waals surface area contributed by atoms with E-state index in [0.29, 0.717) is 5.92 Å². The van der Waals surface area contributed by atoms with Crippen molar-refractivity contribution in [2.24, 2.45) is 5.92 Å². The van der Waals surface area contributed by atoms with Gasteiger partial charge in [-0.2, -0.15) is 0 Å². The summed E-state index contributed by atoms with van der Waals surface area (Å²) in [5.74, 6) is 0.621. The van der Waals surface area contributed by atoms with Gasteiger partial charge in [-0.05, 0) is 82.3 Å². The fourth-order valence-electron chi connectivity index (χ4n) is 4.66. The second-order valence-corrected chi connectivity index (χ2v) is 13.1. The van der Waals surface area contributed by atoms with Crippen molar-refractivity contribution < 1.29 is 0 Å². The lowest BCUT2D eigenvalue weighted by Gasteiger charge is -2.21.